The summed E-state index contributed by atoms with van der Waals surface area (Å²) in [6, 6.07) is 17.3. The lowest BCUT2D eigenvalue weighted by Crippen LogP contribution is -2.33. The van der Waals surface area contributed by atoms with Crippen molar-refractivity contribution in [3.63, 3.8) is 0 Å². The fourth-order valence-corrected chi connectivity index (χ4v) is 5.40. The van der Waals surface area contributed by atoms with Crippen LogP contribution in [0.4, 0.5) is 4.39 Å². The molecule has 6 nitrogen and oxygen atoms in total. The molecule has 0 saturated heterocycles. The van der Waals surface area contributed by atoms with Crippen LogP contribution < -0.4 is 5.69 Å². The summed E-state index contributed by atoms with van der Waals surface area (Å²) < 4.78 is 23.9. The van der Waals surface area contributed by atoms with E-state index in [1.165, 1.54) is 17.7 Å². The van der Waals surface area contributed by atoms with Gasteiger partial charge in [0.05, 0.1) is 41.0 Å². The zero-order valence-electron chi connectivity index (χ0n) is 19.2. The van der Waals surface area contributed by atoms with E-state index >= 15 is 4.39 Å². The molecule has 2 aliphatic rings. The normalized spacial score (nSPS) is 16.7. The molecule has 1 saturated carbocycles. The van der Waals surface area contributed by atoms with E-state index in [1.807, 2.05) is 24.3 Å². The van der Waals surface area contributed by atoms with Gasteiger partial charge in [-0.1, -0.05) is 41.9 Å². The van der Waals surface area contributed by atoms with Gasteiger partial charge in [-0.3, -0.25) is 9.13 Å². The van der Waals surface area contributed by atoms with Gasteiger partial charge in [-0.05, 0) is 66.8 Å². The molecule has 8 heteroatoms. The molecular formula is C28H22ClFN2O4. The van der Waals surface area contributed by atoms with Crippen LogP contribution in [0.2, 0.25) is 5.02 Å². The predicted molar refractivity (Wildman–Crippen MR) is 136 cm³/mol. The molecule has 2 heterocycles. The molecule has 1 aromatic heterocycles. The minimum atomic E-state index is -1.34. The third kappa shape index (κ3) is 3.50. The smallest absolute Gasteiger partial charge is 0.338 e. The molecule has 36 heavy (non-hydrogen) atoms. The van der Waals surface area contributed by atoms with Gasteiger partial charge in [-0.25, -0.2) is 14.0 Å². The minimum absolute atomic E-state index is 0.209. The third-order valence-electron chi connectivity index (χ3n) is 7.14. The van der Waals surface area contributed by atoms with E-state index in [1.54, 1.807) is 33.4 Å². The van der Waals surface area contributed by atoms with E-state index in [2.05, 4.69) is 6.08 Å². The Bertz CT molecular complexity index is 1610. The van der Waals surface area contributed by atoms with E-state index in [9.17, 15) is 14.7 Å². The number of ether oxygens (including phenoxy) is 1. The lowest BCUT2D eigenvalue weighted by atomic mass is 10.00. The van der Waals surface area contributed by atoms with Crippen molar-refractivity contribution in [3.8, 4) is 5.69 Å². The SMILES string of the molecule is O=C(O)c1cccc(C2(n3c(=O)n(-c4ccc(C5=CCOCC5)cc4)c4cc(Cl)ccc43)CC2)c1F. The number of carboxylic acid groups (broad SMARTS) is 1. The summed E-state index contributed by atoms with van der Waals surface area (Å²) in [7, 11) is 0. The Kier molecular flexibility index (Phi) is 5.35. The second-order valence-corrected chi connectivity index (χ2v) is 9.63. The summed E-state index contributed by atoms with van der Waals surface area (Å²) in [4.78, 5) is 25.6. The maximum absolute atomic E-state index is 15.4. The maximum atomic E-state index is 15.4. The van der Waals surface area contributed by atoms with E-state index < -0.39 is 22.9 Å². The van der Waals surface area contributed by atoms with Crippen LogP contribution in [-0.2, 0) is 10.3 Å². The number of halogens is 2. The van der Waals surface area contributed by atoms with E-state index in [0.29, 0.717) is 47.8 Å². The summed E-state index contributed by atoms with van der Waals surface area (Å²) in [5.41, 5.74) is 2.67. The molecule has 0 bridgehead atoms. The van der Waals surface area contributed by atoms with Crippen molar-refractivity contribution in [2.24, 2.45) is 0 Å². The van der Waals surface area contributed by atoms with Crippen molar-refractivity contribution >= 4 is 34.2 Å². The summed E-state index contributed by atoms with van der Waals surface area (Å²) in [5, 5.41) is 9.91. The van der Waals surface area contributed by atoms with Crippen LogP contribution in [0.25, 0.3) is 22.3 Å². The standard InChI is InChI=1S/C28H22ClFN2O4/c29-19-6-9-23-24(16-19)31(20-7-4-17(5-8-20)18-10-14-36-15-11-18)27(35)32(23)28(12-13-28)22-3-1-2-21(25(22)30)26(33)34/h1-10,16H,11-15H2,(H,33,34). The topological polar surface area (TPSA) is 73.5 Å². The molecule has 3 aromatic carbocycles. The van der Waals surface area contributed by atoms with Crippen LogP contribution in [0.15, 0.2) is 71.5 Å². The highest BCUT2D eigenvalue weighted by molar-refractivity contribution is 6.31. The number of nitrogens with zero attached hydrogens (tertiary/aromatic N) is 2. The van der Waals surface area contributed by atoms with Gasteiger partial charge in [0.2, 0.25) is 0 Å². The van der Waals surface area contributed by atoms with Crippen molar-refractivity contribution in [2.75, 3.05) is 13.2 Å². The molecule has 0 radical (unpaired) electrons. The van der Waals surface area contributed by atoms with Crippen molar-refractivity contribution < 1.29 is 19.0 Å². The average molecular weight is 505 g/mol. The first-order valence-electron chi connectivity index (χ1n) is 11.7. The van der Waals surface area contributed by atoms with Crippen molar-refractivity contribution in [3.05, 3.63) is 105 Å². The van der Waals surface area contributed by atoms with Gasteiger partial charge >= 0.3 is 11.7 Å². The van der Waals surface area contributed by atoms with E-state index in [4.69, 9.17) is 16.3 Å². The third-order valence-corrected chi connectivity index (χ3v) is 7.38. The molecule has 0 unspecified atom stereocenters. The van der Waals surface area contributed by atoms with Crippen LogP contribution in [0.5, 0.6) is 0 Å². The van der Waals surface area contributed by atoms with Gasteiger partial charge in [-0.15, -0.1) is 0 Å². The van der Waals surface area contributed by atoms with Crippen LogP contribution in [-0.4, -0.2) is 33.4 Å². The molecule has 0 atom stereocenters. The fraction of sp³-hybridized carbons (Fsp3) is 0.214. The first kappa shape index (κ1) is 22.8. The number of carboxylic acids is 1. The van der Waals surface area contributed by atoms with Gasteiger partial charge < -0.3 is 9.84 Å². The van der Waals surface area contributed by atoms with Crippen molar-refractivity contribution in [2.45, 2.75) is 24.8 Å². The van der Waals surface area contributed by atoms with Gasteiger partial charge in [0.15, 0.2) is 0 Å². The second-order valence-electron chi connectivity index (χ2n) is 9.19. The molecule has 1 aliphatic heterocycles. The quantitative estimate of drug-likeness (QED) is 0.382. The number of aromatic nitrogens is 2. The second kappa shape index (κ2) is 8.47. The van der Waals surface area contributed by atoms with Crippen LogP contribution >= 0.6 is 11.6 Å². The highest BCUT2D eigenvalue weighted by atomic mass is 35.5. The molecule has 0 amide bonds. The molecule has 1 N–H and O–H groups in total. The van der Waals surface area contributed by atoms with Gasteiger partial charge in [0.1, 0.15) is 5.82 Å². The molecule has 4 aromatic rings. The highest BCUT2D eigenvalue weighted by Crippen LogP contribution is 2.51. The van der Waals surface area contributed by atoms with E-state index in [-0.39, 0.29) is 11.3 Å². The van der Waals surface area contributed by atoms with E-state index in [0.717, 1.165) is 12.0 Å². The minimum Gasteiger partial charge on any atom is -0.478 e. The maximum Gasteiger partial charge on any atom is 0.338 e. The Hall–Kier alpha value is -3.68. The zero-order valence-corrected chi connectivity index (χ0v) is 20.0. The molecule has 1 fully saturated rings. The number of imidazole rings is 1. The predicted octanol–water partition coefficient (Wildman–Crippen LogP) is 5.62. The number of benzene rings is 3. The Morgan fingerprint density at radius 3 is 2.50 bits per heavy atom. The number of fused-ring (bicyclic) bond motifs is 1. The first-order chi connectivity index (χ1) is 17.4. The number of rotatable bonds is 5. The van der Waals surface area contributed by atoms with Gasteiger partial charge in [-0.2, -0.15) is 0 Å². The Balaban J connectivity index is 1.54. The Morgan fingerprint density at radius 2 is 1.83 bits per heavy atom. The van der Waals surface area contributed by atoms with Gasteiger partial charge in [0.25, 0.3) is 0 Å². The van der Waals surface area contributed by atoms with Gasteiger partial charge in [0, 0.05) is 10.6 Å². The zero-order chi connectivity index (χ0) is 25.0. The Morgan fingerprint density at radius 1 is 1.06 bits per heavy atom. The average Bonchev–Trinajstić information content (AvgIpc) is 3.62. The Labute approximate surface area is 210 Å². The lowest BCUT2D eigenvalue weighted by molar-refractivity contribution is 0.0691. The van der Waals surface area contributed by atoms with Crippen LogP contribution in [0.3, 0.4) is 0 Å². The number of aromatic carboxylic acids is 1. The number of hydrogen-bond acceptors (Lipinski definition) is 3. The molecule has 1 aliphatic carbocycles. The summed E-state index contributed by atoms with van der Waals surface area (Å²) in [5.74, 6) is -2.15. The van der Waals surface area contributed by atoms with Crippen LogP contribution in [0.1, 0.15) is 40.7 Å². The lowest BCUT2D eigenvalue weighted by Gasteiger charge is -2.19. The largest absolute Gasteiger partial charge is 0.478 e. The summed E-state index contributed by atoms with van der Waals surface area (Å²) >= 11 is 6.33. The van der Waals surface area contributed by atoms with Crippen LogP contribution in [0, 0.1) is 5.82 Å². The number of hydrogen-bond donors (Lipinski definition) is 1. The molecule has 182 valence electrons. The summed E-state index contributed by atoms with van der Waals surface area (Å²) in [6.45, 7) is 1.27. The van der Waals surface area contributed by atoms with Crippen molar-refractivity contribution in [1.82, 2.24) is 9.13 Å². The molecule has 6 rings (SSSR count). The first-order valence-corrected chi connectivity index (χ1v) is 12.1. The fourth-order valence-electron chi connectivity index (χ4n) is 5.24. The number of carbonyl (C=O) groups is 1. The molecular weight excluding hydrogens is 483 g/mol. The summed E-state index contributed by atoms with van der Waals surface area (Å²) in [6.07, 6.45) is 3.93. The molecule has 0 spiro atoms. The monoisotopic (exact) mass is 504 g/mol. The van der Waals surface area contributed by atoms with Crippen molar-refractivity contribution in [1.29, 1.82) is 0 Å². The highest BCUT2D eigenvalue weighted by Gasteiger charge is 2.51.